The fourth-order valence-corrected chi connectivity index (χ4v) is 2.91. The van der Waals surface area contributed by atoms with Crippen LogP contribution < -0.4 is 11.1 Å². The molecule has 2 atom stereocenters. The van der Waals surface area contributed by atoms with Crippen molar-refractivity contribution in [2.45, 2.75) is 28.8 Å². The Bertz CT molecular complexity index is 514. The molecule has 5 nitrogen and oxygen atoms in total. The van der Waals surface area contributed by atoms with Gasteiger partial charge in [-0.3, -0.25) is 4.79 Å². The minimum absolute atomic E-state index is 0.376. The Morgan fingerprint density at radius 3 is 2.45 bits per heavy atom. The largest absolute Gasteiger partial charge is 0.479 e. The van der Waals surface area contributed by atoms with Crippen LogP contribution in [0, 0.1) is 0 Å². The first-order chi connectivity index (χ1) is 9.40. The van der Waals surface area contributed by atoms with Crippen LogP contribution in [0.25, 0.3) is 0 Å². The number of aliphatic carboxylic acids is 1. The summed E-state index contributed by atoms with van der Waals surface area (Å²) < 4.78 is 0. The van der Waals surface area contributed by atoms with Gasteiger partial charge >= 0.3 is 5.97 Å². The predicted molar refractivity (Wildman–Crippen MR) is 82.0 cm³/mol. The van der Waals surface area contributed by atoms with Crippen molar-refractivity contribution in [3.05, 3.63) is 23.8 Å². The summed E-state index contributed by atoms with van der Waals surface area (Å²) in [6, 6.07) is 2.84. The molecule has 4 N–H and O–H groups in total. The first-order valence-corrected chi connectivity index (χ1v) is 8.69. The number of hydrogen-bond acceptors (Lipinski definition) is 5. The van der Waals surface area contributed by atoms with Crippen molar-refractivity contribution < 1.29 is 14.7 Å². The summed E-state index contributed by atoms with van der Waals surface area (Å²) in [5.41, 5.74) is 5.80. The van der Waals surface area contributed by atoms with Crippen LogP contribution >= 0.6 is 43.3 Å². The van der Waals surface area contributed by atoms with Gasteiger partial charge in [0, 0.05) is 15.4 Å². The third-order valence-electron chi connectivity index (χ3n) is 2.42. The lowest BCUT2D eigenvalue weighted by molar-refractivity contribution is -0.142. The predicted octanol–water partition coefficient (Wildman–Crippen LogP) is 2.77. The van der Waals surface area contributed by atoms with Gasteiger partial charge in [-0.1, -0.05) is 6.07 Å². The van der Waals surface area contributed by atoms with Gasteiger partial charge < -0.3 is 16.2 Å². The average molecular weight is 355 g/mol. The van der Waals surface area contributed by atoms with Crippen LogP contribution in [0.3, 0.4) is 0 Å². The molecule has 1 amide bonds. The number of carboxylic acid groups (broad SMARTS) is 1. The molecule has 0 radical (unpaired) electrons. The fourth-order valence-electron chi connectivity index (χ4n) is 1.41. The number of rotatable bonds is 6. The molecule has 0 saturated carbocycles. The van der Waals surface area contributed by atoms with Crippen molar-refractivity contribution in [1.82, 2.24) is 5.32 Å². The van der Waals surface area contributed by atoms with E-state index < -0.39 is 24.0 Å². The lowest BCUT2D eigenvalue weighted by Crippen LogP contribution is -2.42. The topological polar surface area (TPSA) is 92.4 Å². The highest BCUT2D eigenvalue weighted by Gasteiger charge is 2.26. The number of carbonyl (C=O) groups excluding carboxylic acids is 1. The van der Waals surface area contributed by atoms with Gasteiger partial charge in [-0.2, -0.15) is 0 Å². The summed E-state index contributed by atoms with van der Waals surface area (Å²) in [5.74, 6) is -1.75. The van der Waals surface area contributed by atoms with E-state index in [1.807, 2.05) is 0 Å². The Balaban J connectivity index is 3.15. The third kappa shape index (κ3) is 4.46. The molecule has 1 rings (SSSR count). The zero-order valence-electron chi connectivity index (χ0n) is 10.3. The first kappa shape index (κ1) is 17.5. The standard InChI is InChI=1S/C11H12Cl2N2O3S2/c1-5(14)10(16)15-9(11(17)18)7-3-2-6(19-12)4-8(7)20-13/h2-5,9H,14H2,1H3,(H,15,16)(H,17,18)/t5-,9?/m0/s1. The summed E-state index contributed by atoms with van der Waals surface area (Å²) in [7, 11) is 13.2. The molecule has 0 fully saturated rings. The van der Waals surface area contributed by atoms with E-state index in [2.05, 4.69) is 5.32 Å². The van der Waals surface area contributed by atoms with Gasteiger partial charge in [-0.05, 0) is 62.4 Å². The van der Waals surface area contributed by atoms with E-state index in [1.165, 1.54) is 6.92 Å². The lowest BCUT2D eigenvalue weighted by Gasteiger charge is -2.18. The van der Waals surface area contributed by atoms with E-state index >= 15 is 0 Å². The third-order valence-corrected chi connectivity index (χ3v) is 4.40. The van der Waals surface area contributed by atoms with Crippen LogP contribution in [0.2, 0.25) is 0 Å². The summed E-state index contributed by atoms with van der Waals surface area (Å²) in [5, 5.41) is 11.6. The van der Waals surface area contributed by atoms with Crippen molar-refractivity contribution >= 4 is 55.2 Å². The van der Waals surface area contributed by atoms with E-state index in [0.717, 1.165) is 26.8 Å². The highest BCUT2D eigenvalue weighted by Crippen LogP contribution is 2.35. The lowest BCUT2D eigenvalue weighted by atomic mass is 10.1. The molecule has 9 heteroatoms. The van der Waals surface area contributed by atoms with Gasteiger partial charge in [0.15, 0.2) is 6.04 Å². The van der Waals surface area contributed by atoms with Gasteiger partial charge in [0.25, 0.3) is 0 Å². The Morgan fingerprint density at radius 1 is 1.35 bits per heavy atom. The number of halogens is 2. The van der Waals surface area contributed by atoms with Gasteiger partial charge in [0.1, 0.15) is 0 Å². The molecule has 0 bridgehead atoms. The molecule has 1 unspecified atom stereocenters. The van der Waals surface area contributed by atoms with Crippen LogP contribution in [0.1, 0.15) is 18.5 Å². The van der Waals surface area contributed by atoms with Gasteiger partial charge in [-0.15, -0.1) is 0 Å². The molecule has 0 aromatic heterocycles. The average Bonchev–Trinajstić information content (AvgIpc) is 2.43. The maximum atomic E-state index is 11.6. The summed E-state index contributed by atoms with van der Waals surface area (Å²) in [4.78, 5) is 24.2. The van der Waals surface area contributed by atoms with E-state index in [0.29, 0.717) is 10.5 Å². The molecule has 110 valence electrons. The van der Waals surface area contributed by atoms with Crippen LogP contribution in [0.5, 0.6) is 0 Å². The zero-order chi connectivity index (χ0) is 15.3. The minimum Gasteiger partial charge on any atom is -0.479 e. The van der Waals surface area contributed by atoms with E-state index in [4.69, 9.17) is 27.1 Å². The maximum absolute atomic E-state index is 11.6. The SMILES string of the molecule is C[C@H](N)C(=O)NC(C(=O)O)c1ccc(SCl)cc1SCl. The van der Waals surface area contributed by atoms with Crippen LogP contribution in [0.15, 0.2) is 28.0 Å². The van der Waals surface area contributed by atoms with Crippen LogP contribution in [-0.4, -0.2) is 23.0 Å². The molecule has 0 spiro atoms. The van der Waals surface area contributed by atoms with E-state index in [1.54, 1.807) is 18.2 Å². The fraction of sp³-hybridized carbons (Fsp3) is 0.273. The van der Waals surface area contributed by atoms with Crippen molar-refractivity contribution in [3.8, 4) is 0 Å². The molecule has 0 aliphatic heterocycles. The maximum Gasteiger partial charge on any atom is 0.330 e. The Kier molecular flexibility index (Phi) is 6.97. The Hall–Kier alpha value is -0.600. The number of hydrogen-bond donors (Lipinski definition) is 3. The van der Waals surface area contributed by atoms with Crippen molar-refractivity contribution in [2.24, 2.45) is 5.73 Å². The zero-order valence-corrected chi connectivity index (χ0v) is 13.4. The molecule has 0 heterocycles. The molecular formula is C11H12Cl2N2O3S2. The van der Waals surface area contributed by atoms with Gasteiger partial charge in [0.2, 0.25) is 5.91 Å². The molecule has 1 aromatic rings. The summed E-state index contributed by atoms with van der Waals surface area (Å²) >= 11 is 0. The van der Waals surface area contributed by atoms with Gasteiger partial charge in [0.05, 0.1) is 6.04 Å². The molecule has 0 aliphatic carbocycles. The second kappa shape index (κ2) is 7.99. The highest BCUT2D eigenvalue weighted by atomic mass is 35.7. The smallest absolute Gasteiger partial charge is 0.330 e. The number of nitrogens with two attached hydrogens (primary N) is 1. The van der Waals surface area contributed by atoms with Crippen molar-refractivity contribution in [3.63, 3.8) is 0 Å². The second-order valence-corrected chi connectivity index (χ2v) is 6.07. The van der Waals surface area contributed by atoms with Crippen molar-refractivity contribution in [2.75, 3.05) is 0 Å². The quantitative estimate of drug-likeness (QED) is 0.727. The second-order valence-electron chi connectivity index (χ2n) is 3.92. The summed E-state index contributed by atoms with van der Waals surface area (Å²) in [6.45, 7) is 1.47. The Morgan fingerprint density at radius 2 is 2.00 bits per heavy atom. The van der Waals surface area contributed by atoms with Crippen LogP contribution in [-0.2, 0) is 9.59 Å². The van der Waals surface area contributed by atoms with Crippen molar-refractivity contribution in [1.29, 1.82) is 0 Å². The summed E-state index contributed by atoms with van der Waals surface area (Å²) in [6.07, 6.45) is 0. The number of carboxylic acids is 1. The van der Waals surface area contributed by atoms with Gasteiger partial charge in [-0.25, -0.2) is 4.79 Å². The molecule has 0 saturated heterocycles. The monoisotopic (exact) mass is 354 g/mol. The normalized spacial score (nSPS) is 13.6. The molecule has 20 heavy (non-hydrogen) atoms. The molecule has 1 aromatic carbocycles. The van der Waals surface area contributed by atoms with E-state index in [-0.39, 0.29) is 0 Å². The molecule has 0 aliphatic rings. The van der Waals surface area contributed by atoms with E-state index in [9.17, 15) is 14.7 Å². The Labute approximate surface area is 133 Å². The first-order valence-electron chi connectivity index (χ1n) is 5.40. The minimum atomic E-state index is -1.22. The molecular weight excluding hydrogens is 343 g/mol. The highest BCUT2D eigenvalue weighted by molar-refractivity contribution is 8.21. The number of amides is 1. The number of carbonyl (C=O) groups is 2. The number of benzene rings is 1. The number of nitrogens with one attached hydrogen (secondary N) is 1. The van der Waals surface area contributed by atoms with Crippen LogP contribution in [0.4, 0.5) is 0 Å².